The van der Waals surface area contributed by atoms with Crippen molar-refractivity contribution in [3.63, 3.8) is 0 Å². The molecular formula is C12H25NO3Si. The zero-order chi connectivity index (χ0) is 12.1. The van der Waals surface area contributed by atoms with Crippen LogP contribution in [-0.2, 0) is 13.6 Å². The summed E-state index contributed by atoms with van der Waals surface area (Å²) in [6, 6.07) is 0. The van der Waals surface area contributed by atoms with Gasteiger partial charge < -0.3 is 18.9 Å². The summed E-state index contributed by atoms with van der Waals surface area (Å²) in [4.78, 5) is 0. The Morgan fingerprint density at radius 1 is 1.12 bits per heavy atom. The molecule has 4 nitrogen and oxygen atoms in total. The van der Waals surface area contributed by atoms with Gasteiger partial charge in [0.05, 0.1) is 6.61 Å². The largest absolute Gasteiger partial charge is 0.396 e. The van der Waals surface area contributed by atoms with Gasteiger partial charge in [0.15, 0.2) is 0 Å². The predicted octanol–water partition coefficient (Wildman–Crippen LogP) is 1.58. The van der Waals surface area contributed by atoms with Gasteiger partial charge >= 0.3 is 8.56 Å². The molecule has 0 bridgehead atoms. The third-order valence-corrected chi connectivity index (χ3v) is 8.45. The molecule has 1 N–H and O–H groups in total. The van der Waals surface area contributed by atoms with Gasteiger partial charge in [0.25, 0.3) is 0 Å². The fourth-order valence-corrected chi connectivity index (χ4v) is 7.15. The number of morpholine rings is 1. The molecule has 0 amide bonds. The Morgan fingerprint density at radius 3 is 2.35 bits per heavy atom. The van der Waals surface area contributed by atoms with E-state index in [1.807, 2.05) is 14.2 Å². The molecule has 2 aliphatic rings. The Hall–Kier alpha value is 0.0569. The van der Waals surface area contributed by atoms with E-state index in [2.05, 4.69) is 5.32 Å². The van der Waals surface area contributed by atoms with Crippen LogP contribution in [0.15, 0.2) is 0 Å². The van der Waals surface area contributed by atoms with Crippen LogP contribution in [0.3, 0.4) is 0 Å². The maximum absolute atomic E-state index is 5.93. The van der Waals surface area contributed by atoms with E-state index in [1.54, 1.807) is 0 Å². The van der Waals surface area contributed by atoms with Gasteiger partial charge in [-0.15, -0.1) is 0 Å². The van der Waals surface area contributed by atoms with E-state index in [-0.39, 0.29) is 5.73 Å². The van der Waals surface area contributed by atoms with Crippen molar-refractivity contribution in [2.24, 2.45) is 0 Å². The van der Waals surface area contributed by atoms with Crippen molar-refractivity contribution in [2.45, 2.75) is 43.4 Å². The molecule has 0 aromatic carbocycles. The van der Waals surface area contributed by atoms with Crippen LogP contribution in [0.4, 0.5) is 0 Å². The summed E-state index contributed by atoms with van der Waals surface area (Å²) in [5.74, 6) is 0. The van der Waals surface area contributed by atoms with Gasteiger partial charge in [0.2, 0.25) is 0 Å². The summed E-state index contributed by atoms with van der Waals surface area (Å²) in [5, 5.41) is 3.40. The van der Waals surface area contributed by atoms with Crippen molar-refractivity contribution in [1.29, 1.82) is 0 Å². The van der Waals surface area contributed by atoms with Crippen LogP contribution in [0.1, 0.15) is 32.1 Å². The quantitative estimate of drug-likeness (QED) is 0.778. The average molecular weight is 259 g/mol. The van der Waals surface area contributed by atoms with Crippen molar-refractivity contribution < 1.29 is 13.6 Å². The summed E-state index contributed by atoms with van der Waals surface area (Å²) in [6.45, 7) is 2.60. The van der Waals surface area contributed by atoms with E-state index >= 15 is 0 Å². The van der Waals surface area contributed by atoms with Crippen molar-refractivity contribution in [3.8, 4) is 0 Å². The maximum Gasteiger partial charge on any atom is 0.372 e. The molecule has 1 heterocycles. The second-order valence-electron chi connectivity index (χ2n) is 5.03. The molecule has 0 aromatic rings. The molecule has 5 heteroatoms. The highest BCUT2D eigenvalue weighted by molar-refractivity contribution is 6.70. The lowest BCUT2D eigenvalue weighted by molar-refractivity contribution is 0.0313. The zero-order valence-corrected chi connectivity index (χ0v) is 12.0. The molecule has 1 unspecified atom stereocenters. The molecule has 2 rings (SSSR count). The summed E-state index contributed by atoms with van der Waals surface area (Å²) in [7, 11) is 1.39. The van der Waals surface area contributed by atoms with Gasteiger partial charge in [-0.05, 0) is 12.8 Å². The molecular weight excluding hydrogens is 234 g/mol. The number of hydrogen-bond donors (Lipinski definition) is 1. The first kappa shape index (κ1) is 13.5. The van der Waals surface area contributed by atoms with Crippen LogP contribution >= 0.6 is 0 Å². The first-order chi connectivity index (χ1) is 8.33. The minimum Gasteiger partial charge on any atom is -0.396 e. The van der Waals surface area contributed by atoms with Gasteiger partial charge in [0, 0.05) is 32.9 Å². The molecule has 0 aromatic heterocycles. The molecule has 0 radical (unpaired) electrons. The standard InChI is InChI=1S/C12H25NO3Si/c1-14-17(15-2,11-6-4-3-5-7-11)12-10-13-8-9-16-12/h11-13H,3-10H2,1-2H3. The number of ether oxygens (including phenoxy) is 1. The highest BCUT2D eigenvalue weighted by atomic mass is 28.4. The van der Waals surface area contributed by atoms with Crippen molar-refractivity contribution >= 4 is 8.56 Å². The van der Waals surface area contributed by atoms with E-state index < -0.39 is 8.56 Å². The van der Waals surface area contributed by atoms with Gasteiger partial charge in [-0.1, -0.05) is 19.3 Å². The third kappa shape index (κ3) is 2.74. The first-order valence-corrected chi connectivity index (χ1v) is 8.73. The van der Waals surface area contributed by atoms with Crippen LogP contribution in [0.25, 0.3) is 0 Å². The van der Waals surface area contributed by atoms with E-state index in [1.165, 1.54) is 32.1 Å². The Labute approximate surface area is 105 Å². The Bertz CT molecular complexity index is 204. The predicted molar refractivity (Wildman–Crippen MR) is 69.2 cm³/mol. The summed E-state index contributed by atoms with van der Waals surface area (Å²) in [6.07, 6.45) is 6.47. The number of rotatable bonds is 4. The van der Waals surface area contributed by atoms with Gasteiger partial charge in [0.1, 0.15) is 5.73 Å². The summed E-state index contributed by atoms with van der Waals surface area (Å²) >= 11 is 0. The van der Waals surface area contributed by atoms with E-state index in [0.717, 1.165) is 19.7 Å². The lowest BCUT2D eigenvalue weighted by Crippen LogP contribution is -2.62. The SMILES string of the molecule is CO[Si](OC)(C1CCCCC1)C1CNCCO1. The molecule has 1 aliphatic carbocycles. The Morgan fingerprint density at radius 2 is 1.82 bits per heavy atom. The molecule has 17 heavy (non-hydrogen) atoms. The lowest BCUT2D eigenvalue weighted by atomic mass is 10.0. The molecule has 0 spiro atoms. The van der Waals surface area contributed by atoms with Crippen LogP contribution in [0, 0.1) is 0 Å². The fourth-order valence-electron chi connectivity index (χ4n) is 3.27. The van der Waals surface area contributed by atoms with Gasteiger partial charge in [-0.3, -0.25) is 0 Å². The molecule has 2 fully saturated rings. The van der Waals surface area contributed by atoms with E-state index in [4.69, 9.17) is 13.6 Å². The van der Waals surface area contributed by atoms with Crippen molar-refractivity contribution in [3.05, 3.63) is 0 Å². The van der Waals surface area contributed by atoms with Crippen LogP contribution in [-0.4, -0.2) is 48.2 Å². The Kier molecular flexibility index (Phi) is 4.99. The highest BCUT2D eigenvalue weighted by Crippen LogP contribution is 2.40. The van der Waals surface area contributed by atoms with Crippen LogP contribution < -0.4 is 5.32 Å². The molecule has 1 saturated heterocycles. The maximum atomic E-state index is 5.93. The lowest BCUT2D eigenvalue weighted by Gasteiger charge is -2.43. The number of hydrogen-bond acceptors (Lipinski definition) is 4. The average Bonchev–Trinajstić information content (AvgIpc) is 2.43. The molecule has 1 aliphatic heterocycles. The third-order valence-electron chi connectivity index (χ3n) is 4.19. The van der Waals surface area contributed by atoms with Gasteiger partial charge in [-0.2, -0.15) is 0 Å². The monoisotopic (exact) mass is 259 g/mol. The highest BCUT2D eigenvalue weighted by Gasteiger charge is 2.52. The minimum absolute atomic E-state index is 0.148. The second-order valence-corrected chi connectivity index (χ2v) is 8.75. The van der Waals surface area contributed by atoms with E-state index in [0.29, 0.717) is 5.54 Å². The molecule has 100 valence electrons. The van der Waals surface area contributed by atoms with E-state index in [9.17, 15) is 0 Å². The minimum atomic E-state index is -2.23. The van der Waals surface area contributed by atoms with Crippen molar-refractivity contribution in [2.75, 3.05) is 33.9 Å². The second kappa shape index (κ2) is 6.29. The summed E-state index contributed by atoms with van der Waals surface area (Å²) in [5.41, 5.74) is 0.741. The topological polar surface area (TPSA) is 39.7 Å². The normalized spacial score (nSPS) is 28.2. The fraction of sp³-hybridized carbons (Fsp3) is 1.00. The van der Waals surface area contributed by atoms with Crippen LogP contribution in [0.2, 0.25) is 5.54 Å². The van der Waals surface area contributed by atoms with Crippen molar-refractivity contribution in [1.82, 2.24) is 5.32 Å². The number of nitrogens with one attached hydrogen (secondary N) is 1. The smallest absolute Gasteiger partial charge is 0.372 e. The Balaban J connectivity index is 2.10. The summed E-state index contributed by atoms with van der Waals surface area (Å²) < 4.78 is 17.8. The zero-order valence-electron chi connectivity index (χ0n) is 11.0. The first-order valence-electron chi connectivity index (χ1n) is 6.76. The van der Waals surface area contributed by atoms with Gasteiger partial charge in [-0.25, -0.2) is 0 Å². The molecule has 1 atom stereocenters. The molecule has 1 saturated carbocycles. The van der Waals surface area contributed by atoms with Crippen LogP contribution in [0.5, 0.6) is 0 Å².